The molecule has 1 aromatic carbocycles. The van der Waals surface area contributed by atoms with E-state index in [2.05, 4.69) is 31.0 Å². The second kappa shape index (κ2) is 8.81. The first-order chi connectivity index (χ1) is 15.3. The lowest BCUT2D eigenvalue weighted by Crippen LogP contribution is -2.47. The molecule has 4 amide bonds. The van der Waals surface area contributed by atoms with Crippen molar-refractivity contribution in [2.24, 2.45) is 0 Å². The molecule has 4 rings (SSSR count). The SMILES string of the molecule is C=CCN1C(=O)NC(c2cc(C)c(C)cc2C)C2=C1CN(CCCN1CCCC1=O)C2=O. The summed E-state index contributed by atoms with van der Waals surface area (Å²) in [5, 5.41) is 3.07. The Morgan fingerprint density at radius 3 is 2.47 bits per heavy atom. The van der Waals surface area contributed by atoms with Crippen LogP contribution in [0.3, 0.4) is 0 Å². The molecule has 1 saturated heterocycles. The molecule has 3 aliphatic rings. The van der Waals surface area contributed by atoms with Crippen molar-refractivity contribution in [3.63, 3.8) is 0 Å². The summed E-state index contributed by atoms with van der Waals surface area (Å²) in [5.74, 6) is 0.164. The molecule has 1 fully saturated rings. The van der Waals surface area contributed by atoms with Gasteiger partial charge in [0, 0.05) is 32.6 Å². The summed E-state index contributed by atoms with van der Waals surface area (Å²) in [7, 11) is 0. The van der Waals surface area contributed by atoms with Crippen molar-refractivity contribution < 1.29 is 14.4 Å². The van der Waals surface area contributed by atoms with Crippen LogP contribution in [0, 0.1) is 20.8 Å². The summed E-state index contributed by atoms with van der Waals surface area (Å²) in [5.41, 5.74) is 5.75. The van der Waals surface area contributed by atoms with Crippen LogP contribution in [0.2, 0.25) is 0 Å². The molecule has 7 nitrogen and oxygen atoms in total. The summed E-state index contributed by atoms with van der Waals surface area (Å²) in [6.45, 7) is 12.7. The molecule has 0 spiro atoms. The molecule has 1 unspecified atom stereocenters. The highest BCUT2D eigenvalue weighted by Crippen LogP contribution is 2.38. The van der Waals surface area contributed by atoms with Crippen molar-refractivity contribution in [3.8, 4) is 0 Å². The second-order valence-corrected chi connectivity index (χ2v) is 9.00. The third-order valence-corrected chi connectivity index (χ3v) is 6.83. The number of aryl methyl sites for hydroxylation is 3. The third-order valence-electron chi connectivity index (χ3n) is 6.83. The maximum absolute atomic E-state index is 13.5. The van der Waals surface area contributed by atoms with E-state index < -0.39 is 6.04 Å². The number of nitrogens with zero attached hydrogens (tertiary/aromatic N) is 3. The largest absolute Gasteiger partial charge is 0.343 e. The lowest BCUT2D eigenvalue weighted by atomic mass is 9.90. The number of carbonyl (C=O) groups is 3. The molecule has 1 N–H and O–H groups in total. The van der Waals surface area contributed by atoms with Crippen molar-refractivity contribution in [1.82, 2.24) is 20.0 Å². The van der Waals surface area contributed by atoms with Crippen LogP contribution in [0.15, 0.2) is 36.1 Å². The van der Waals surface area contributed by atoms with Gasteiger partial charge in [0.2, 0.25) is 5.91 Å². The standard InChI is InChI=1S/C25H32N4O3/c1-5-9-29-20-15-28(12-7-11-27-10-6-8-21(27)30)24(31)22(20)23(26-25(29)32)19-14-17(3)16(2)13-18(19)4/h5,13-14,23H,1,6-12,15H2,2-4H3,(H,26,32). The normalized spacial score (nSPS) is 20.9. The molecule has 0 radical (unpaired) electrons. The quantitative estimate of drug-likeness (QED) is 0.668. The number of urea groups is 1. The van der Waals surface area contributed by atoms with E-state index in [1.807, 2.05) is 23.6 Å². The van der Waals surface area contributed by atoms with Crippen molar-refractivity contribution in [3.05, 3.63) is 58.3 Å². The molecule has 170 valence electrons. The highest BCUT2D eigenvalue weighted by Gasteiger charge is 2.44. The van der Waals surface area contributed by atoms with Gasteiger partial charge < -0.3 is 15.1 Å². The summed E-state index contributed by atoms with van der Waals surface area (Å²) in [6, 6.07) is 3.52. The van der Waals surface area contributed by atoms with Crippen LogP contribution in [0.4, 0.5) is 4.79 Å². The fourth-order valence-corrected chi connectivity index (χ4v) is 4.97. The van der Waals surface area contributed by atoms with Gasteiger partial charge in [-0.2, -0.15) is 0 Å². The third kappa shape index (κ3) is 3.92. The van der Waals surface area contributed by atoms with Gasteiger partial charge in [0.25, 0.3) is 5.91 Å². The molecule has 1 atom stereocenters. The van der Waals surface area contributed by atoms with Gasteiger partial charge in [-0.25, -0.2) is 4.79 Å². The summed E-state index contributed by atoms with van der Waals surface area (Å²) >= 11 is 0. The Balaban J connectivity index is 1.60. The molecule has 0 saturated carbocycles. The molecule has 7 heteroatoms. The summed E-state index contributed by atoms with van der Waals surface area (Å²) in [4.78, 5) is 43.7. The van der Waals surface area contributed by atoms with Crippen molar-refractivity contribution in [2.45, 2.75) is 46.1 Å². The monoisotopic (exact) mass is 436 g/mol. The molecule has 0 aliphatic carbocycles. The first-order valence-corrected chi connectivity index (χ1v) is 11.4. The zero-order chi connectivity index (χ0) is 23.0. The van der Waals surface area contributed by atoms with E-state index in [0.29, 0.717) is 38.2 Å². The maximum atomic E-state index is 13.5. The van der Waals surface area contributed by atoms with Crippen LogP contribution >= 0.6 is 0 Å². The number of rotatable bonds is 7. The summed E-state index contributed by atoms with van der Waals surface area (Å²) in [6.07, 6.45) is 3.95. The van der Waals surface area contributed by atoms with E-state index in [1.54, 1.807) is 11.0 Å². The highest BCUT2D eigenvalue weighted by molar-refractivity contribution is 6.01. The van der Waals surface area contributed by atoms with E-state index in [4.69, 9.17) is 0 Å². The molecule has 0 aromatic heterocycles. The van der Waals surface area contributed by atoms with Gasteiger partial charge in [0.05, 0.1) is 23.9 Å². The van der Waals surface area contributed by atoms with Crippen molar-refractivity contribution >= 4 is 17.8 Å². The molecule has 0 bridgehead atoms. The Hall–Kier alpha value is -3.09. The van der Waals surface area contributed by atoms with Crippen LogP contribution < -0.4 is 5.32 Å². The van der Waals surface area contributed by atoms with E-state index in [0.717, 1.165) is 41.8 Å². The number of carbonyl (C=O) groups excluding carboxylic acids is 3. The number of benzene rings is 1. The van der Waals surface area contributed by atoms with Crippen LogP contribution in [0.5, 0.6) is 0 Å². The van der Waals surface area contributed by atoms with E-state index in [9.17, 15) is 14.4 Å². The lowest BCUT2D eigenvalue weighted by molar-refractivity contribution is -0.127. The van der Waals surface area contributed by atoms with Gasteiger partial charge in [-0.05, 0) is 55.9 Å². The molecular formula is C25H32N4O3. The van der Waals surface area contributed by atoms with E-state index >= 15 is 0 Å². The Kier molecular flexibility index (Phi) is 6.09. The van der Waals surface area contributed by atoms with Gasteiger partial charge >= 0.3 is 6.03 Å². The topological polar surface area (TPSA) is 73.0 Å². The first-order valence-electron chi connectivity index (χ1n) is 11.4. The molecule has 32 heavy (non-hydrogen) atoms. The van der Waals surface area contributed by atoms with Crippen molar-refractivity contribution in [2.75, 3.05) is 32.7 Å². The Labute approximate surface area is 189 Å². The van der Waals surface area contributed by atoms with Gasteiger partial charge in [-0.3, -0.25) is 14.5 Å². The van der Waals surface area contributed by atoms with Gasteiger partial charge in [0.15, 0.2) is 0 Å². The van der Waals surface area contributed by atoms with E-state index in [1.165, 1.54) is 5.56 Å². The number of likely N-dealkylation sites (tertiary alicyclic amines) is 1. The number of nitrogens with one attached hydrogen (secondary N) is 1. The number of hydrogen-bond acceptors (Lipinski definition) is 3. The predicted octanol–water partition coefficient (Wildman–Crippen LogP) is 2.97. The minimum atomic E-state index is -0.462. The fourth-order valence-electron chi connectivity index (χ4n) is 4.97. The average molecular weight is 437 g/mol. The minimum absolute atomic E-state index is 0.0376. The van der Waals surface area contributed by atoms with E-state index in [-0.39, 0.29) is 17.8 Å². The first kappa shape index (κ1) is 22.1. The minimum Gasteiger partial charge on any atom is -0.343 e. The van der Waals surface area contributed by atoms with Gasteiger partial charge in [0.1, 0.15) is 0 Å². The fraction of sp³-hybridized carbons (Fsp3) is 0.480. The molecule has 3 aliphatic heterocycles. The number of amides is 4. The highest BCUT2D eigenvalue weighted by atomic mass is 16.2. The Morgan fingerprint density at radius 2 is 1.78 bits per heavy atom. The Bertz CT molecular complexity index is 1010. The second-order valence-electron chi connectivity index (χ2n) is 9.00. The smallest absolute Gasteiger partial charge is 0.322 e. The molecular weight excluding hydrogens is 404 g/mol. The van der Waals surface area contributed by atoms with Crippen LogP contribution in [-0.4, -0.2) is 65.3 Å². The van der Waals surface area contributed by atoms with Crippen LogP contribution in [-0.2, 0) is 9.59 Å². The zero-order valence-electron chi connectivity index (χ0n) is 19.2. The zero-order valence-corrected chi connectivity index (χ0v) is 19.2. The summed E-state index contributed by atoms with van der Waals surface area (Å²) < 4.78 is 0. The maximum Gasteiger partial charge on any atom is 0.322 e. The molecule has 3 heterocycles. The lowest BCUT2D eigenvalue weighted by Gasteiger charge is -2.33. The van der Waals surface area contributed by atoms with Crippen molar-refractivity contribution in [1.29, 1.82) is 0 Å². The average Bonchev–Trinajstić information content (AvgIpc) is 3.30. The van der Waals surface area contributed by atoms with Gasteiger partial charge in [-0.1, -0.05) is 18.2 Å². The van der Waals surface area contributed by atoms with Crippen LogP contribution in [0.25, 0.3) is 0 Å². The predicted molar refractivity (Wildman–Crippen MR) is 123 cm³/mol. The Morgan fingerprint density at radius 1 is 1.06 bits per heavy atom. The number of hydrogen-bond donors (Lipinski definition) is 1. The van der Waals surface area contributed by atoms with Gasteiger partial charge in [-0.15, -0.1) is 6.58 Å². The molecule has 1 aromatic rings. The van der Waals surface area contributed by atoms with Crippen LogP contribution in [0.1, 0.15) is 47.6 Å².